The molecule has 0 aromatic heterocycles. The smallest absolute Gasteiger partial charge is 0.387 e. The minimum Gasteiger partial charge on any atom is -0.387 e. The molecule has 0 fully saturated rings. The monoisotopic (exact) mass is 610 g/mol. The zero-order valence-electron chi connectivity index (χ0n) is 26.2. The first-order valence-corrected chi connectivity index (χ1v) is 25.2. The lowest BCUT2D eigenvalue weighted by atomic mass is 10.0. The summed E-state index contributed by atoms with van der Waals surface area (Å²) in [5.41, 5.74) is 10.4. The molecule has 37 heavy (non-hydrogen) atoms. The summed E-state index contributed by atoms with van der Waals surface area (Å²) in [6, 6.07) is 0. The van der Waals surface area contributed by atoms with Gasteiger partial charge < -0.3 is 35.4 Å². The van der Waals surface area contributed by atoms with Crippen LogP contribution in [0.2, 0.25) is 44.3 Å². The molecule has 0 amide bonds. The molecule has 0 spiro atoms. The summed E-state index contributed by atoms with van der Waals surface area (Å²) < 4.78 is 47.9. The van der Waals surface area contributed by atoms with Crippen LogP contribution in [-0.4, -0.2) is 90.8 Å². The maximum absolute atomic E-state index is 7.10. The van der Waals surface area contributed by atoms with Crippen LogP contribution in [0.3, 0.4) is 0 Å². The maximum Gasteiger partial charge on any atom is 0.528 e. The Hall–Kier alpha value is -0.0156. The van der Waals surface area contributed by atoms with Crippen molar-refractivity contribution in [1.82, 2.24) is 0 Å². The van der Waals surface area contributed by atoms with E-state index in [1.54, 1.807) is 42.7 Å². The van der Waals surface area contributed by atoms with E-state index in [4.69, 9.17) is 35.4 Å². The van der Waals surface area contributed by atoms with E-state index >= 15 is 0 Å². The summed E-state index contributed by atoms with van der Waals surface area (Å²) >= 11 is 0. The third-order valence-corrected chi connectivity index (χ3v) is 21.2. The van der Waals surface area contributed by atoms with Crippen LogP contribution in [0.1, 0.15) is 27.7 Å². The van der Waals surface area contributed by atoms with Crippen LogP contribution >= 0.6 is 0 Å². The van der Waals surface area contributed by atoms with Gasteiger partial charge in [-0.15, -0.1) is 0 Å². The predicted molar refractivity (Wildman–Crippen MR) is 164 cm³/mol. The van der Waals surface area contributed by atoms with Gasteiger partial charge in [0.15, 0.2) is 0 Å². The average Bonchev–Trinajstić information content (AvgIpc) is 2.80. The number of hydrogen-bond donors (Lipinski definition) is 0. The molecule has 0 aromatic carbocycles. The summed E-state index contributed by atoms with van der Waals surface area (Å²) in [7, 11) is -3.05. The fourth-order valence-corrected chi connectivity index (χ4v) is 16.3. The van der Waals surface area contributed by atoms with Gasteiger partial charge in [-0.05, 0) is 51.4 Å². The van der Waals surface area contributed by atoms with Crippen molar-refractivity contribution in [3.05, 3.63) is 34.6 Å². The molecule has 0 bridgehead atoms. The highest BCUT2D eigenvalue weighted by molar-refractivity contribution is 6.87. The van der Waals surface area contributed by atoms with Gasteiger partial charge in [0, 0.05) is 47.7 Å². The van der Waals surface area contributed by atoms with Crippen LogP contribution in [0.4, 0.5) is 0 Å². The van der Waals surface area contributed by atoms with E-state index in [-0.39, 0.29) is 5.04 Å². The maximum atomic E-state index is 7.10. The van der Waals surface area contributed by atoms with Crippen molar-refractivity contribution < 1.29 is 35.4 Å². The first kappa shape index (κ1) is 37.0. The lowest BCUT2D eigenvalue weighted by molar-refractivity contribution is -0.138. The molecule has 13 heteroatoms. The molecule has 8 nitrogen and oxygen atoms in total. The summed E-state index contributed by atoms with van der Waals surface area (Å²) in [4.78, 5) is 0. The van der Waals surface area contributed by atoms with Crippen molar-refractivity contribution in [2.24, 2.45) is 0 Å². The molecule has 0 saturated carbocycles. The molecule has 0 saturated heterocycles. The van der Waals surface area contributed by atoms with E-state index in [1.807, 2.05) is 18.3 Å². The summed E-state index contributed by atoms with van der Waals surface area (Å²) in [6.07, 6.45) is 2.07. The topological polar surface area (TPSA) is 73.8 Å². The lowest BCUT2D eigenvalue weighted by Gasteiger charge is -2.55. The quantitative estimate of drug-likeness (QED) is 0.152. The third-order valence-electron chi connectivity index (χ3n) is 7.33. The molecular formula is C24H54O8Si5. The SMILES string of the molecule is CC=C[Si](C)(C)OC(C)(O[Si](C)(C)C=C[Si](OC)(OC)OC)C(C)(C)[Si](C)(C)C=C[Si](OC)(OC)OC. The molecule has 0 N–H and O–H groups in total. The lowest BCUT2D eigenvalue weighted by Crippen LogP contribution is -2.61. The average molecular weight is 611 g/mol. The van der Waals surface area contributed by atoms with Gasteiger partial charge in [0.25, 0.3) is 0 Å². The molecule has 1 atom stereocenters. The Kier molecular flexibility index (Phi) is 14.0. The van der Waals surface area contributed by atoms with Gasteiger partial charge >= 0.3 is 17.6 Å². The molecule has 0 radical (unpaired) electrons. The normalized spacial score (nSPS) is 16.9. The Morgan fingerprint density at radius 2 is 0.811 bits per heavy atom. The van der Waals surface area contributed by atoms with Crippen LogP contribution in [-0.2, 0) is 35.4 Å². The Morgan fingerprint density at radius 1 is 0.486 bits per heavy atom. The second-order valence-corrected chi connectivity index (χ2v) is 29.3. The van der Waals surface area contributed by atoms with Crippen LogP contribution in [0.15, 0.2) is 34.6 Å². The van der Waals surface area contributed by atoms with Crippen LogP contribution in [0, 0.1) is 0 Å². The molecule has 0 aliphatic carbocycles. The van der Waals surface area contributed by atoms with Crippen molar-refractivity contribution >= 4 is 42.3 Å². The molecular weight excluding hydrogens is 557 g/mol. The summed E-state index contributed by atoms with van der Waals surface area (Å²) in [5, 5.41) is -0.367. The Morgan fingerprint density at radius 3 is 1.14 bits per heavy atom. The Labute approximate surface area is 232 Å². The largest absolute Gasteiger partial charge is 0.528 e. The zero-order valence-corrected chi connectivity index (χ0v) is 31.2. The molecule has 0 aliphatic rings. The van der Waals surface area contributed by atoms with E-state index in [9.17, 15) is 0 Å². The molecule has 0 aromatic rings. The highest BCUT2D eigenvalue weighted by atomic mass is 28.4. The van der Waals surface area contributed by atoms with Gasteiger partial charge in [0.2, 0.25) is 16.6 Å². The predicted octanol–water partition coefficient (Wildman–Crippen LogP) is 5.78. The summed E-state index contributed by atoms with van der Waals surface area (Å²) in [5.74, 6) is -0.892. The summed E-state index contributed by atoms with van der Waals surface area (Å²) in [6.45, 7) is 21.9. The first-order valence-electron chi connectivity index (χ1n) is 12.5. The van der Waals surface area contributed by atoms with Crippen molar-refractivity contribution in [1.29, 1.82) is 0 Å². The van der Waals surface area contributed by atoms with Gasteiger partial charge in [-0.3, -0.25) is 0 Å². The van der Waals surface area contributed by atoms with E-state index in [1.165, 1.54) is 0 Å². The number of hydrogen-bond acceptors (Lipinski definition) is 8. The Balaban J connectivity index is 6.74. The van der Waals surface area contributed by atoms with Crippen molar-refractivity contribution in [2.45, 2.75) is 77.8 Å². The standard InChI is InChI=1S/C24H54O8Si5/c1-17-18-34(13,14)31-24(4,32-35(15,16)20-22-37(28-8,29-9)30-10)23(2,3)33(11,12)19-21-36(25-5,26-6)27-7/h17-22H,1-16H3. The van der Waals surface area contributed by atoms with Crippen molar-refractivity contribution in [3.8, 4) is 0 Å². The Bertz CT molecular complexity index is 773. The van der Waals surface area contributed by atoms with Crippen LogP contribution < -0.4 is 0 Å². The van der Waals surface area contributed by atoms with Crippen molar-refractivity contribution in [2.75, 3.05) is 42.7 Å². The van der Waals surface area contributed by atoms with E-state index in [0.29, 0.717) is 0 Å². The van der Waals surface area contributed by atoms with Gasteiger partial charge in [-0.1, -0.05) is 50.1 Å². The second kappa shape index (κ2) is 14.1. The second-order valence-electron chi connectivity index (χ2n) is 11.3. The number of rotatable bonds is 17. The zero-order chi connectivity index (χ0) is 29.4. The highest BCUT2D eigenvalue weighted by Crippen LogP contribution is 2.52. The molecule has 0 rings (SSSR count). The first-order chi connectivity index (χ1) is 16.8. The van der Waals surface area contributed by atoms with Crippen LogP contribution in [0.5, 0.6) is 0 Å². The van der Waals surface area contributed by atoms with E-state index < -0.39 is 48.1 Å². The molecule has 218 valence electrons. The number of allylic oxidation sites excluding steroid dienone is 1. The third kappa shape index (κ3) is 9.55. The van der Waals surface area contributed by atoms with Gasteiger partial charge in [0.1, 0.15) is 5.79 Å². The molecule has 0 aliphatic heterocycles. The molecule has 0 heterocycles. The van der Waals surface area contributed by atoms with Gasteiger partial charge in [0.05, 0.1) is 8.07 Å². The van der Waals surface area contributed by atoms with E-state index in [2.05, 4.69) is 83.2 Å². The highest BCUT2D eigenvalue weighted by Gasteiger charge is 2.56. The van der Waals surface area contributed by atoms with E-state index in [0.717, 1.165) is 0 Å². The fourth-order valence-electron chi connectivity index (χ4n) is 4.06. The van der Waals surface area contributed by atoms with Crippen LogP contribution in [0.25, 0.3) is 0 Å². The molecule has 1 unspecified atom stereocenters. The van der Waals surface area contributed by atoms with Gasteiger partial charge in [-0.25, -0.2) is 0 Å². The van der Waals surface area contributed by atoms with Crippen molar-refractivity contribution in [3.63, 3.8) is 0 Å². The minimum absolute atomic E-state index is 0.367. The fraction of sp³-hybridized carbons (Fsp3) is 0.750. The minimum atomic E-state index is -2.90. The van der Waals surface area contributed by atoms with Gasteiger partial charge in [-0.2, -0.15) is 0 Å².